The Hall–Kier alpha value is -0.650. The Morgan fingerprint density at radius 2 is 2.28 bits per heavy atom. The molecule has 1 aromatic heterocycles. The normalized spacial score (nSPS) is 12.4. The average molecular weight is 317 g/mol. The Morgan fingerprint density at radius 1 is 1.50 bits per heavy atom. The first-order chi connectivity index (χ1) is 8.67. The number of halogens is 1. The van der Waals surface area contributed by atoms with Crippen LogP contribution in [0.4, 0.5) is 0 Å². The van der Waals surface area contributed by atoms with Gasteiger partial charge in [0.25, 0.3) is 0 Å². The number of nitrogens with zero attached hydrogens (tertiary/aromatic N) is 1. The first kappa shape index (κ1) is 15.4. The second kappa shape index (κ2) is 8.45. The smallest absolute Gasteiger partial charge is 0.218 e. The van der Waals surface area contributed by atoms with Crippen molar-refractivity contribution < 1.29 is 9.47 Å². The number of hydrogen-bond acceptors (Lipinski definition) is 4. The van der Waals surface area contributed by atoms with E-state index in [1.807, 2.05) is 13.0 Å². The highest BCUT2D eigenvalue weighted by Gasteiger charge is 2.10. The van der Waals surface area contributed by atoms with Crippen molar-refractivity contribution in [3.8, 4) is 5.88 Å². The van der Waals surface area contributed by atoms with E-state index in [-0.39, 0.29) is 6.10 Å². The van der Waals surface area contributed by atoms with Crippen LogP contribution in [-0.4, -0.2) is 31.3 Å². The van der Waals surface area contributed by atoms with Crippen LogP contribution in [0.15, 0.2) is 16.7 Å². The second-order valence-corrected chi connectivity index (χ2v) is 5.09. The fourth-order valence-corrected chi connectivity index (χ4v) is 1.94. The minimum absolute atomic E-state index is 0.00593. The van der Waals surface area contributed by atoms with Gasteiger partial charge in [0.2, 0.25) is 5.88 Å². The number of aromatic nitrogens is 1. The zero-order valence-corrected chi connectivity index (χ0v) is 12.8. The standard InChI is InChI=1S/C13H21BrN2O2/c1-4-5-15-7-11-6-12(14)8-16-13(11)18-10(2)9-17-3/h6,8,10,15H,4-5,7,9H2,1-3H3. The molecule has 1 heterocycles. The van der Waals surface area contributed by atoms with E-state index in [1.165, 1.54) is 0 Å². The summed E-state index contributed by atoms with van der Waals surface area (Å²) in [7, 11) is 1.67. The highest BCUT2D eigenvalue weighted by atomic mass is 79.9. The molecule has 0 fully saturated rings. The summed E-state index contributed by atoms with van der Waals surface area (Å²) in [6.07, 6.45) is 2.85. The Labute approximate surface area is 117 Å². The molecule has 0 saturated carbocycles. The number of ether oxygens (including phenoxy) is 2. The van der Waals surface area contributed by atoms with Gasteiger partial charge in [-0.15, -0.1) is 0 Å². The zero-order valence-electron chi connectivity index (χ0n) is 11.2. The van der Waals surface area contributed by atoms with Crippen LogP contribution >= 0.6 is 15.9 Å². The summed E-state index contributed by atoms with van der Waals surface area (Å²) in [5, 5.41) is 3.35. The van der Waals surface area contributed by atoms with Crippen LogP contribution < -0.4 is 10.1 Å². The third-order valence-corrected chi connectivity index (χ3v) is 2.78. The highest BCUT2D eigenvalue weighted by Crippen LogP contribution is 2.21. The molecule has 18 heavy (non-hydrogen) atoms. The second-order valence-electron chi connectivity index (χ2n) is 4.18. The van der Waals surface area contributed by atoms with Gasteiger partial charge in [-0.1, -0.05) is 6.92 Å². The van der Waals surface area contributed by atoms with Crippen molar-refractivity contribution in [2.24, 2.45) is 0 Å². The molecule has 0 aliphatic carbocycles. The molecule has 102 valence electrons. The van der Waals surface area contributed by atoms with Crippen molar-refractivity contribution in [1.82, 2.24) is 10.3 Å². The molecule has 0 radical (unpaired) electrons. The van der Waals surface area contributed by atoms with Crippen LogP contribution in [-0.2, 0) is 11.3 Å². The van der Waals surface area contributed by atoms with Crippen molar-refractivity contribution in [3.05, 3.63) is 22.3 Å². The minimum Gasteiger partial charge on any atom is -0.472 e. The molecular weight excluding hydrogens is 296 g/mol. The van der Waals surface area contributed by atoms with Gasteiger partial charge in [-0.25, -0.2) is 4.98 Å². The van der Waals surface area contributed by atoms with Gasteiger partial charge in [0.15, 0.2) is 0 Å². The Balaban J connectivity index is 2.69. The molecule has 1 atom stereocenters. The number of methoxy groups -OCH3 is 1. The fraction of sp³-hybridized carbons (Fsp3) is 0.615. The molecule has 0 saturated heterocycles. The van der Waals surface area contributed by atoms with Crippen LogP contribution in [0.25, 0.3) is 0 Å². The minimum atomic E-state index is -0.00593. The number of rotatable bonds is 8. The molecule has 0 spiro atoms. The van der Waals surface area contributed by atoms with E-state index in [0.29, 0.717) is 12.5 Å². The molecule has 0 aliphatic rings. The summed E-state index contributed by atoms with van der Waals surface area (Å²) in [5.74, 6) is 0.673. The Morgan fingerprint density at radius 3 is 2.94 bits per heavy atom. The van der Waals surface area contributed by atoms with Gasteiger partial charge in [-0.2, -0.15) is 0 Å². The van der Waals surface area contributed by atoms with E-state index in [4.69, 9.17) is 9.47 Å². The summed E-state index contributed by atoms with van der Waals surface area (Å²) >= 11 is 3.43. The zero-order chi connectivity index (χ0) is 13.4. The van der Waals surface area contributed by atoms with E-state index < -0.39 is 0 Å². The maximum absolute atomic E-state index is 5.77. The van der Waals surface area contributed by atoms with Crippen molar-refractivity contribution >= 4 is 15.9 Å². The lowest BCUT2D eigenvalue weighted by atomic mass is 10.2. The van der Waals surface area contributed by atoms with Gasteiger partial charge in [0, 0.05) is 29.9 Å². The summed E-state index contributed by atoms with van der Waals surface area (Å²) < 4.78 is 11.8. The molecule has 0 aliphatic heterocycles. The van der Waals surface area contributed by atoms with Gasteiger partial charge in [0.05, 0.1) is 6.61 Å². The van der Waals surface area contributed by atoms with E-state index in [0.717, 1.165) is 29.5 Å². The molecule has 0 aromatic carbocycles. The molecule has 5 heteroatoms. The first-order valence-corrected chi connectivity index (χ1v) is 6.97. The summed E-state index contributed by atoms with van der Waals surface area (Å²) in [6, 6.07) is 2.03. The summed E-state index contributed by atoms with van der Waals surface area (Å²) in [5.41, 5.74) is 1.06. The van der Waals surface area contributed by atoms with Crippen molar-refractivity contribution in [1.29, 1.82) is 0 Å². The summed E-state index contributed by atoms with van der Waals surface area (Å²) in [4.78, 5) is 4.31. The SMILES string of the molecule is CCCNCc1cc(Br)cnc1OC(C)COC. The predicted molar refractivity (Wildman–Crippen MR) is 75.9 cm³/mol. The molecule has 1 aromatic rings. The van der Waals surface area contributed by atoms with Crippen LogP contribution in [0.2, 0.25) is 0 Å². The van der Waals surface area contributed by atoms with Crippen molar-refractivity contribution in [2.45, 2.75) is 32.9 Å². The van der Waals surface area contributed by atoms with E-state index in [2.05, 4.69) is 33.2 Å². The van der Waals surface area contributed by atoms with Gasteiger partial charge >= 0.3 is 0 Å². The van der Waals surface area contributed by atoms with E-state index >= 15 is 0 Å². The maximum Gasteiger partial charge on any atom is 0.218 e. The molecule has 1 rings (SSSR count). The van der Waals surface area contributed by atoms with E-state index in [9.17, 15) is 0 Å². The van der Waals surface area contributed by atoms with Gasteiger partial charge in [-0.3, -0.25) is 0 Å². The maximum atomic E-state index is 5.77. The van der Waals surface area contributed by atoms with Crippen LogP contribution in [0.1, 0.15) is 25.8 Å². The lowest BCUT2D eigenvalue weighted by Crippen LogP contribution is -2.21. The third-order valence-electron chi connectivity index (χ3n) is 2.35. The monoisotopic (exact) mass is 316 g/mol. The topological polar surface area (TPSA) is 43.4 Å². The van der Waals surface area contributed by atoms with Crippen LogP contribution in [0.5, 0.6) is 5.88 Å². The van der Waals surface area contributed by atoms with Gasteiger partial charge in [-0.05, 0) is 41.9 Å². The lowest BCUT2D eigenvalue weighted by Gasteiger charge is -2.16. The quantitative estimate of drug-likeness (QED) is 0.749. The fourth-order valence-electron chi connectivity index (χ4n) is 1.56. The lowest BCUT2D eigenvalue weighted by molar-refractivity contribution is 0.0881. The number of pyridine rings is 1. The predicted octanol–water partition coefficient (Wildman–Crippen LogP) is 2.76. The average Bonchev–Trinajstić information content (AvgIpc) is 2.33. The molecule has 4 nitrogen and oxygen atoms in total. The molecular formula is C13H21BrN2O2. The van der Waals surface area contributed by atoms with Gasteiger partial charge in [0.1, 0.15) is 6.10 Å². The molecule has 1 unspecified atom stereocenters. The molecule has 0 amide bonds. The van der Waals surface area contributed by atoms with Crippen molar-refractivity contribution in [3.63, 3.8) is 0 Å². The van der Waals surface area contributed by atoms with Crippen molar-refractivity contribution in [2.75, 3.05) is 20.3 Å². The number of nitrogens with one attached hydrogen (secondary N) is 1. The van der Waals surface area contributed by atoms with Crippen LogP contribution in [0, 0.1) is 0 Å². The largest absolute Gasteiger partial charge is 0.472 e. The summed E-state index contributed by atoms with van der Waals surface area (Å²) in [6.45, 7) is 6.41. The molecule has 0 bridgehead atoms. The van der Waals surface area contributed by atoms with Gasteiger partial charge < -0.3 is 14.8 Å². The number of hydrogen-bond donors (Lipinski definition) is 1. The molecule has 1 N–H and O–H groups in total. The highest BCUT2D eigenvalue weighted by molar-refractivity contribution is 9.10. The van der Waals surface area contributed by atoms with Crippen LogP contribution in [0.3, 0.4) is 0 Å². The Kier molecular flexibility index (Phi) is 7.23. The van der Waals surface area contributed by atoms with E-state index in [1.54, 1.807) is 13.3 Å². The first-order valence-electron chi connectivity index (χ1n) is 6.18. The third kappa shape index (κ3) is 5.33. The Bertz CT molecular complexity index is 361.